The average Bonchev–Trinajstić information content (AvgIpc) is 3.09. The molecule has 0 aliphatic rings. The zero-order chi connectivity index (χ0) is 23.0. The number of aromatic nitrogens is 2. The van der Waals surface area contributed by atoms with Crippen LogP contribution in [-0.4, -0.2) is 26.6 Å². The number of hydrogen-bond donors (Lipinski definition) is 2. The lowest BCUT2D eigenvalue weighted by Crippen LogP contribution is -2.17. The van der Waals surface area contributed by atoms with Gasteiger partial charge in [-0.3, -0.25) is 14.1 Å². The topological polar surface area (TPSA) is 110 Å². The fraction of sp³-hybridized carbons (Fsp3) is 0.167. The molecule has 0 spiro atoms. The van der Waals surface area contributed by atoms with Crippen LogP contribution >= 0.6 is 0 Å². The lowest BCUT2D eigenvalue weighted by atomic mass is 10.2. The van der Waals surface area contributed by atoms with Crippen LogP contribution in [0, 0.1) is 6.92 Å². The van der Waals surface area contributed by atoms with Gasteiger partial charge in [0.1, 0.15) is 0 Å². The van der Waals surface area contributed by atoms with Gasteiger partial charge in [-0.1, -0.05) is 12.1 Å². The van der Waals surface area contributed by atoms with Gasteiger partial charge in [0.2, 0.25) is 0 Å². The van der Waals surface area contributed by atoms with Gasteiger partial charge in [0.15, 0.2) is 5.03 Å². The first-order valence-corrected chi connectivity index (χ1v) is 11.6. The van der Waals surface area contributed by atoms with Gasteiger partial charge in [-0.2, -0.15) is 26.7 Å². The summed E-state index contributed by atoms with van der Waals surface area (Å²) in [6, 6.07) is 8.81. The Balaban J connectivity index is 1.92. The third-order valence-corrected chi connectivity index (χ3v) is 6.93. The van der Waals surface area contributed by atoms with Crippen LogP contribution in [0.3, 0.4) is 0 Å². The molecule has 0 aliphatic carbocycles. The molecular formula is C18H17F3N4O4S2. The van der Waals surface area contributed by atoms with Crippen LogP contribution in [0.25, 0.3) is 0 Å². The molecule has 1 aromatic heterocycles. The quantitative estimate of drug-likeness (QED) is 0.569. The molecule has 2 N–H and O–H groups in total. The number of benzene rings is 2. The first-order valence-electron chi connectivity index (χ1n) is 8.61. The van der Waals surface area contributed by atoms with E-state index >= 15 is 0 Å². The summed E-state index contributed by atoms with van der Waals surface area (Å²) < 4.78 is 94.7. The van der Waals surface area contributed by atoms with Gasteiger partial charge in [-0.25, -0.2) is 8.42 Å². The van der Waals surface area contributed by atoms with E-state index in [1.807, 2.05) is 0 Å². The van der Waals surface area contributed by atoms with E-state index in [1.165, 1.54) is 49.1 Å². The number of aryl methyl sites for hydroxylation is 2. The maximum absolute atomic E-state index is 12.9. The second-order valence-corrected chi connectivity index (χ2v) is 9.88. The zero-order valence-corrected chi connectivity index (χ0v) is 17.8. The van der Waals surface area contributed by atoms with Crippen LogP contribution in [-0.2, 0) is 33.3 Å². The van der Waals surface area contributed by atoms with Crippen LogP contribution in [0.4, 0.5) is 24.5 Å². The summed E-state index contributed by atoms with van der Waals surface area (Å²) in [6.07, 6.45) is -3.21. The first-order chi connectivity index (χ1) is 14.3. The summed E-state index contributed by atoms with van der Waals surface area (Å²) in [5.41, 5.74) is -1.09. The van der Waals surface area contributed by atoms with Crippen LogP contribution < -0.4 is 9.44 Å². The second kappa shape index (κ2) is 7.89. The molecule has 31 heavy (non-hydrogen) atoms. The Morgan fingerprint density at radius 2 is 1.55 bits per heavy atom. The number of nitrogens with zero attached hydrogens (tertiary/aromatic N) is 2. The standard InChI is InChI=1S/C18H17F3N4O4S2/c1-12-6-7-15(24-31(28,29)17-8-9-25(2)22-17)11-16(12)30(26,27)23-14-5-3-4-13(10-14)18(19,20)21/h3-11,23-24H,1-2H3. The summed E-state index contributed by atoms with van der Waals surface area (Å²) in [6.45, 7) is 1.47. The van der Waals surface area contributed by atoms with Gasteiger partial charge in [-0.05, 0) is 48.9 Å². The third-order valence-electron chi connectivity index (χ3n) is 4.14. The van der Waals surface area contributed by atoms with E-state index in [-0.39, 0.29) is 26.9 Å². The molecule has 13 heteroatoms. The van der Waals surface area contributed by atoms with Crippen molar-refractivity contribution in [2.45, 2.75) is 23.0 Å². The Hall–Kier alpha value is -3.06. The van der Waals surface area contributed by atoms with Gasteiger partial charge in [-0.15, -0.1) is 0 Å². The monoisotopic (exact) mass is 474 g/mol. The molecule has 0 saturated carbocycles. The van der Waals surface area contributed by atoms with E-state index in [0.29, 0.717) is 6.07 Å². The Bertz CT molecular complexity index is 1330. The summed E-state index contributed by atoms with van der Waals surface area (Å²) in [7, 11) is -6.85. The number of halogens is 3. The normalized spacial score (nSPS) is 12.5. The van der Waals surface area contributed by atoms with Crippen LogP contribution in [0.5, 0.6) is 0 Å². The molecule has 8 nitrogen and oxygen atoms in total. The van der Waals surface area contributed by atoms with E-state index in [4.69, 9.17) is 0 Å². The van der Waals surface area contributed by atoms with E-state index < -0.39 is 31.8 Å². The van der Waals surface area contributed by atoms with E-state index in [0.717, 1.165) is 18.2 Å². The van der Waals surface area contributed by atoms with Crippen LogP contribution in [0.2, 0.25) is 0 Å². The Morgan fingerprint density at radius 3 is 2.16 bits per heavy atom. The van der Waals surface area contributed by atoms with Gasteiger partial charge in [0.25, 0.3) is 20.0 Å². The van der Waals surface area contributed by atoms with Crippen molar-refractivity contribution >= 4 is 31.4 Å². The Morgan fingerprint density at radius 1 is 0.903 bits per heavy atom. The minimum Gasteiger partial charge on any atom is -0.280 e. The maximum atomic E-state index is 12.9. The van der Waals surface area contributed by atoms with Crippen molar-refractivity contribution in [3.05, 3.63) is 65.9 Å². The summed E-state index contributed by atoms with van der Waals surface area (Å²) >= 11 is 0. The van der Waals surface area contributed by atoms with Crippen molar-refractivity contribution in [2.75, 3.05) is 9.44 Å². The van der Waals surface area contributed by atoms with Crippen molar-refractivity contribution < 1.29 is 30.0 Å². The van der Waals surface area contributed by atoms with Crippen LogP contribution in [0.15, 0.2) is 64.6 Å². The van der Waals surface area contributed by atoms with Crippen LogP contribution in [0.1, 0.15) is 11.1 Å². The highest BCUT2D eigenvalue weighted by Crippen LogP contribution is 2.31. The molecule has 3 aromatic rings. The zero-order valence-electron chi connectivity index (χ0n) is 16.2. The number of rotatable bonds is 6. The van der Waals surface area contributed by atoms with Crippen molar-refractivity contribution in [2.24, 2.45) is 7.05 Å². The average molecular weight is 474 g/mol. The lowest BCUT2D eigenvalue weighted by Gasteiger charge is -2.14. The molecule has 0 unspecified atom stereocenters. The first kappa shape index (κ1) is 22.6. The molecular weight excluding hydrogens is 457 g/mol. The molecule has 0 atom stereocenters. The van der Waals surface area contributed by atoms with Crippen molar-refractivity contribution in [1.29, 1.82) is 0 Å². The molecule has 0 aliphatic heterocycles. The number of alkyl halides is 3. The molecule has 2 aromatic carbocycles. The fourth-order valence-corrected chi connectivity index (χ4v) is 5.01. The lowest BCUT2D eigenvalue weighted by molar-refractivity contribution is -0.137. The van der Waals surface area contributed by atoms with Crippen molar-refractivity contribution in [3.8, 4) is 0 Å². The highest BCUT2D eigenvalue weighted by molar-refractivity contribution is 7.93. The predicted molar refractivity (Wildman–Crippen MR) is 107 cm³/mol. The SMILES string of the molecule is Cc1ccc(NS(=O)(=O)c2ccn(C)n2)cc1S(=O)(=O)Nc1cccc(C(F)(F)F)c1. The van der Waals surface area contributed by atoms with Gasteiger partial charge >= 0.3 is 6.18 Å². The minimum absolute atomic E-state index is 0.0549. The maximum Gasteiger partial charge on any atom is 0.416 e. The Kier molecular flexibility index (Phi) is 5.76. The summed E-state index contributed by atoms with van der Waals surface area (Å²) in [5, 5.41) is 3.53. The largest absolute Gasteiger partial charge is 0.416 e. The highest BCUT2D eigenvalue weighted by Gasteiger charge is 2.31. The van der Waals surface area contributed by atoms with E-state index in [2.05, 4.69) is 14.5 Å². The fourth-order valence-electron chi connectivity index (χ4n) is 2.67. The molecule has 0 amide bonds. The molecule has 0 fully saturated rings. The predicted octanol–water partition coefficient (Wildman–Crippen LogP) is 3.35. The molecule has 1 heterocycles. The van der Waals surface area contributed by atoms with Gasteiger partial charge in [0.05, 0.1) is 16.1 Å². The number of nitrogens with one attached hydrogen (secondary N) is 2. The molecule has 0 saturated heterocycles. The number of sulfonamides is 2. The number of hydrogen-bond acceptors (Lipinski definition) is 5. The van der Waals surface area contributed by atoms with Crippen molar-refractivity contribution in [3.63, 3.8) is 0 Å². The minimum atomic E-state index is -4.64. The molecule has 0 radical (unpaired) electrons. The summed E-state index contributed by atoms with van der Waals surface area (Å²) in [5.74, 6) is 0. The van der Waals surface area contributed by atoms with E-state index in [9.17, 15) is 30.0 Å². The Labute approximate surface area is 176 Å². The van der Waals surface area contributed by atoms with Gasteiger partial charge < -0.3 is 0 Å². The second-order valence-electron chi connectivity index (χ2n) is 6.60. The molecule has 3 rings (SSSR count). The van der Waals surface area contributed by atoms with Gasteiger partial charge in [0, 0.05) is 18.9 Å². The van der Waals surface area contributed by atoms with E-state index in [1.54, 1.807) is 0 Å². The summed E-state index contributed by atoms with van der Waals surface area (Å²) in [4.78, 5) is -0.300. The number of anilines is 2. The molecule has 166 valence electrons. The molecule has 0 bridgehead atoms. The third kappa shape index (κ3) is 5.17. The highest BCUT2D eigenvalue weighted by atomic mass is 32.2. The smallest absolute Gasteiger partial charge is 0.280 e. The van der Waals surface area contributed by atoms with Crippen molar-refractivity contribution in [1.82, 2.24) is 9.78 Å².